The molecule has 7 heteroatoms. The van der Waals surface area contributed by atoms with Gasteiger partial charge in [-0.1, -0.05) is 24.3 Å². The fourth-order valence-corrected chi connectivity index (χ4v) is 3.65. The van der Waals surface area contributed by atoms with Crippen molar-refractivity contribution < 1.29 is 4.39 Å². The average molecular weight is 392 g/mol. The second-order valence-electron chi connectivity index (χ2n) is 7.07. The van der Waals surface area contributed by atoms with Crippen LogP contribution in [-0.4, -0.2) is 41.6 Å². The largest absolute Gasteiger partial charge is 0.357 e. The molecule has 0 aliphatic carbocycles. The number of rotatable bonds is 5. The van der Waals surface area contributed by atoms with E-state index in [1.807, 2.05) is 30.2 Å². The van der Waals surface area contributed by atoms with E-state index >= 15 is 0 Å². The molecular weight excluding hydrogens is 367 g/mol. The lowest BCUT2D eigenvalue weighted by Gasteiger charge is -2.20. The van der Waals surface area contributed by atoms with Crippen LogP contribution in [-0.2, 0) is 6.54 Å². The Bertz CT molecular complexity index is 1000. The molecule has 3 aromatic rings. The number of para-hydroxylation sites is 1. The third kappa shape index (κ3) is 4.45. The lowest BCUT2D eigenvalue weighted by molar-refractivity contribution is 0.612. The van der Waals surface area contributed by atoms with Crippen LogP contribution in [0.5, 0.6) is 0 Å². The van der Waals surface area contributed by atoms with Gasteiger partial charge in [0.05, 0.1) is 12.1 Å². The minimum absolute atomic E-state index is 0.180. The van der Waals surface area contributed by atoms with E-state index in [0.717, 1.165) is 41.9 Å². The maximum Gasteiger partial charge on any atom is 0.191 e. The maximum absolute atomic E-state index is 14.0. The van der Waals surface area contributed by atoms with Crippen LogP contribution in [0.1, 0.15) is 18.9 Å². The van der Waals surface area contributed by atoms with Gasteiger partial charge in [0.1, 0.15) is 0 Å². The van der Waals surface area contributed by atoms with Crippen molar-refractivity contribution in [2.75, 3.05) is 24.5 Å². The van der Waals surface area contributed by atoms with Gasteiger partial charge in [-0.25, -0.2) is 14.4 Å². The van der Waals surface area contributed by atoms with E-state index in [2.05, 4.69) is 38.8 Å². The summed E-state index contributed by atoms with van der Waals surface area (Å²) in [4.78, 5) is 15.4. The van der Waals surface area contributed by atoms with Crippen LogP contribution in [0.4, 0.5) is 10.2 Å². The van der Waals surface area contributed by atoms with Gasteiger partial charge in [-0.3, -0.25) is 4.98 Å². The number of nitrogens with one attached hydrogen (secondary N) is 2. The third-order valence-corrected chi connectivity index (χ3v) is 5.04. The van der Waals surface area contributed by atoms with E-state index in [9.17, 15) is 4.39 Å². The smallest absolute Gasteiger partial charge is 0.191 e. The molecule has 1 fully saturated rings. The van der Waals surface area contributed by atoms with Crippen LogP contribution >= 0.6 is 0 Å². The quantitative estimate of drug-likeness (QED) is 0.516. The molecule has 0 amide bonds. The summed E-state index contributed by atoms with van der Waals surface area (Å²) in [5.41, 5.74) is 2.07. The van der Waals surface area contributed by atoms with E-state index in [1.54, 1.807) is 12.3 Å². The number of benzene rings is 1. The summed E-state index contributed by atoms with van der Waals surface area (Å²) in [6.45, 7) is 4.80. The zero-order valence-corrected chi connectivity index (χ0v) is 16.5. The highest BCUT2D eigenvalue weighted by atomic mass is 19.1. The maximum atomic E-state index is 14.0. The zero-order chi connectivity index (χ0) is 20.1. The Morgan fingerprint density at radius 1 is 1.17 bits per heavy atom. The van der Waals surface area contributed by atoms with Crippen molar-refractivity contribution in [1.29, 1.82) is 0 Å². The summed E-state index contributed by atoms with van der Waals surface area (Å²) in [5, 5.41) is 7.90. The molecule has 1 saturated heterocycles. The molecule has 0 bridgehead atoms. The van der Waals surface area contributed by atoms with Gasteiger partial charge in [-0.05, 0) is 37.1 Å². The van der Waals surface area contributed by atoms with Crippen LogP contribution in [0.25, 0.3) is 10.9 Å². The van der Waals surface area contributed by atoms with Crippen molar-refractivity contribution in [3.8, 4) is 0 Å². The number of pyridine rings is 2. The van der Waals surface area contributed by atoms with Crippen molar-refractivity contribution in [3.05, 3.63) is 66.2 Å². The minimum Gasteiger partial charge on any atom is -0.357 e. The van der Waals surface area contributed by atoms with Gasteiger partial charge in [-0.15, -0.1) is 0 Å². The summed E-state index contributed by atoms with van der Waals surface area (Å²) < 4.78 is 14.0. The number of nitrogens with zero attached hydrogens (tertiary/aromatic N) is 4. The molecule has 1 atom stereocenters. The van der Waals surface area contributed by atoms with E-state index in [1.165, 1.54) is 6.07 Å². The first-order chi connectivity index (χ1) is 14.2. The summed E-state index contributed by atoms with van der Waals surface area (Å²) in [6.07, 6.45) is 4.34. The molecule has 0 radical (unpaired) electrons. The number of anilines is 1. The van der Waals surface area contributed by atoms with Gasteiger partial charge in [0.25, 0.3) is 0 Å². The second kappa shape index (κ2) is 8.86. The standard InChI is InChI=1S/C22H25FN6/c1-2-24-22(27-14-17-7-3-6-16-8-4-11-25-20(16)17)28-18-10-13-29(15-18)21-19(23)9-5-12-26-21/h3-9,11-12,18H,2,10,13-15H2,1H3,(H2,24,27,28). The molecule has 0 spiro atoms. The number of hydrogen-bond acceptors (Lipinski definition) is 4. The van der Waals surface area contributed by atoms with Crippen molar-refractivity contribution in [3.63, 3.8) is 0 Å². The van der Waals surface area contributed by atoms with Gasteiger partial charge < -0.3 is 15.5 Å². The average Bonchev–Trinajstić information content (AvgIpc) is 3.20. The number of aliphatic imine (C=N–C) groups is 1. The molecule has 2 N–H and O–H groups in total. The number of halogens is 1. The van der Waals surface area contributed by atoms with Gasteiger partial charge >= 0.3 is 0 Å². The van der Waals surface area contributed by atoms with Crippen LogP contribution in [0.15, 0.2) is 59.9 Å². The van der Waals surface area contributed by atoms with Gasteiger partial charge in [-0.2, -0.15) is 0 Å². The first kappa shape index (κ1) is 19.1. The molecule has 6 nitrogen and oxygen atoms in total. The van der Waals surface area contributed by atoms with E-state index in [4.69, 9.17) is 4.99 Å². The first-order valence-electron chi connectivity index (χ1n) is 9.97. The Hall–Kier alpha value is -3.22. The summed E-state index contributed by atoms with van der Waals surface area (Å²) in [7, 11) is 0. The van der Waals surface area contributed by atoms with Gasteiger partial charge in [0, 0.05) is 43.5 Å². The van der Waals surface area contributed by atoms with Crippen LogP contribution in [0.2, 0.25) is 0 Å². The number of fused-ring (bicyclic) bond motifs is 1. The third-order valence-electron chi connectivity index (χ3n) is 5.04. The summed E-state index contributed by atoms with van der Waals surface area (Å²) in [6, 6.07) is 13.4. The van der Waals surface area contributed by atoms with Crippen molar-refractivity contribution in [2.45, 2.75) is 25.9 Å². The molecule has 1 unspecified atom stereocenters. The minimum atomic E-state index is -0.280. The van der Waals surface area contributed by atoms with Crippen LogP contribution < -0.4 is 15.5 Å². The molecule has 150 valence electrons. The highest BCUT2D eigenvalue weighted by Crippen LogP contribution is 2.21. The molecular formula is C22H25FN6. The molecule has 2 aromatic heterocycles. The first-order valence-corrected chi connectivity index (χ1v) is 9.97. The topological polar surface area (TPSA) is 65.4 Å². The molecule has 3 heterocycles. The number of guanidine groups is 1. The highest BCUT2D eigenvalue weighted by molar-refractivity contribution is 5.83. The Kier molecular flexibility index (Phi) is 5.84. The number of aromatic nitrogens is 2. The Morgan fingerprint density at radius 2 is 2.00 bits per heavy atom. The van der Waals surface area contributed by atoms with E-state index < -0.39 is 0 Å². The predicted molar refractivity (Wildman–Crippen MR) is 115 cm³/mol. The van der Waals surface area contributed by atoms with Crippen molar-refractivity contribution in [2.24, 2.45) is 4.99 Å². The summed E-state index contributed by atoms with van der Waals surface area (Å²) >= 11 is 0. The molecule has 29 heavy (non-hydrogen) atoms. The highest BCUT2D eigenvalue weighted by Gasteiger charge is 2.25. The lowest BCUT2D eigenvalue weighted by Crippen LogP contribution is -2.44. The second-order valence-corrected chi connectivity index (χ2v) is 7.07. The number of hydrogen-bond donors (Lipinski definition) is 2. The monoisotopic (exact) mass is 392 g/mol. The van der Waals surface area contributed by atoms with Crippen molar-refractivity contribution in [1.82, 2.24) is 20.6 Å². The molecule has 4 rings (SSSR count). The van der Waals surface area contributed by atoms with E-state index in [-0.39, 0.29) is 11.9 Å². The van der Waals surface area contributed by atoms with E-state index in [0.29, 0.717) is 18.9 Å². The molecule has 1 aliphatic heterocycles. The van der Waals surface area contributed by atoms with Gasteiger partial charge in [0.15, 0.2) is 17.6 Å². The molecule has 0 saturated carbocycles. The predicted octanol–water partition coefficient (Wildman–Crippen LogP) is 3.10. The summed E-state index contributed by atoms with van der Waals surface area (Å²) in [5.74, 6) is 0.895. The molecule has 1 aromatic carbocycles. The zero-order valence-electron chi connectivity index (χ0n) is 16.5. The molecule has 1 aliphatic rings. The fraction of sp³-hybridized carbons (Fsp3) is 0.318. The van der Waals surface area contributed by atoms with Crippen LogP contribution in [0.3, 0.4) is 0 Å². The SMILES string of the molecule is CCNC(=NCc1cccc2cccnc12)NC1CCN(c2ncccc2F)C1. The van der Waals surface area contributed by atoms with Crippen LogP contribution in [0, 0.1) is 5.82 Å². The Morgan fingerprint density at radius 3 is 2.86 bits per heavy atom. The lowest BCUT2D eigenvalue weighted by atomic mass is 10.1. The Balaban J connectivity index is 1.45. The normalized spacial score (nSPS) is 17.0. The Labute approximate surface area is 169 Å². The van der Waals surface area contributed by atoms with Crippen molar-refractivity contribution >= 4 is 22.7 Å². The van der Waals surface area contributed by atoms with Gasteiger partial charge in [0.2, 0.25) is 0 Å². The fourth-order valence-electron chi connectivity index (χ4n) is 3.65.